The van der Waals surface area contributed by atoms with Crippen molar-refractivity contribution in [2.75, 3.05) is 44.2 Å². The fraction of sp³-hybridized carbons (Fsp3) is 1.00. The van der Waals surface area contributed by atoms with Crippen LogP contribution in [0, 0.1) is 0 Å². The topological polar surface area (TPSA) is 38.0 Å². The van der Waals surface area contributed by atoms with Crippen molar-refractivity contribution in [2.45, 2.75) is 6.42 Å². The SMILES string of the molecule is CS(C)(C)CCCNCCN. The molecule has 0 aromatic carbocycles. The normalized spacial score (nSPS) is 13.5. The molecule has 0 fully saturated rings. The van der Waals surface area contributed by atoms with Crippen LogP contribution in [0.3, 0.4) is 0 Å². The summed E-state index contributed by atoms with van der Waals surface area (Å²) < 4.78 is 0. The molecule has 0 radical (unpaired) electrons. The smallest absolute Gasteiger partial charge is 0.00745 e. The Morgan fingerprint density at radius 1 is 1.18 bits per heavy atom. The molecule has 0 aliphatic heterocycles. The third kappa shape index (κ3) is 10.3. The van der Waals surface area contributed by atoms with Crippen molar-refractivity contribution in [3.63, 3.8) is 0 Å². The molecule has 0 amide bonds. The summed E-state index contributed by atoms with van der Waals surface area (Å²) in [5.41, 5.74) is 5.34. The predicted octanol–water partition coefficient (Wildman–Crippen LogP) is 0.619. The van der Waals surface area contributed by atoms with E-state index in [1.807, 2.05) is 0 Å². The summed E-state index contributed by atoms with van der Waals surface area (Å²) in [5.74, 6) is 1.37. The van der Waals surface area contributed by atoms with E-state index in [-0.39, 0.29) is 10.0 Å². The molecule has 70 valence electrons. The summed E-state index contributed by atoms with van der Waals surface area (Å²) in [7, 11) is -0.283. The third-order valence-electron chi connectivity index (χ3n) is 1.43. The van der Waals surface area contributed by atoms with Crippen molar-refractivity contribution in [3.8, 4) is 0 Å². The molecule has 0 aliphatic carbocycles. The van der Waals surface area contributed by atoms with Gasteiger partial charge in [0.2, 0.25) is 0 Å². The zero-order chi connectivity index (χ0) is 8.74. The molecule has 0 heterocycles. The Kier molecular flexibility index (Phi) is 6.01. The van der Waals surface area contributed by atoms with E-state index in [1.165, 1.54) is 12.2 Å². The van der Waals surface area contributed by atoms with Crippen LogP contribution in [0.15, 0.2) is 0 Å². The first-order chi connectivity index (χ1) is 5.06. The Balaban J connectivity index is 3.02. The Morgan fingerprint density at radius 3 is 2.27 bits per heavy atom. The van der Waals surface area contributed by atoms with E-state index in [0.29, 0.717) is 0 Å². The lowest BCUT2D eigenvalue weighted by molar-refractivity contribution is 0.680. The molecule has 0 rings (SSSR count). The molecule has 11 heavy (non-hydrogen) atoms. The first-order valence-corrected chi connectivity index (χ1v) is 7.16. The van der Waals surface area contributed by atoms with Crippen LogP contribution in [0.1, 0.15) is 6.42 Å². The maximum absolute atomic E-state index is 5.34. The first-order valence-electron chi connectivity index (χ1n) is 4.13. The van der Waals surface area contributed by atoms with Crippen LogP contribution in [0.5, 0.6) is 0 Å². The van der Waals surface area contributed by atoms with E-state index in [4.69, 9.17) is 5.73 Å². The van der Waals surface area contributed by atoms with Gasteiger partial charge in [0.05, 0.1) is 0 Å². The summed E-state index contributed by atoms with van der Waals surface area (Å²) in [6.45, 7) is 2.84. The number of nitrogens with one attached hydrogen (secondary N) is 1. The van der Waals surface area contributed by atoms with Crippen molar-refractivity contribution in [2.24, 2.45) is 5.73 Å². The Morgan fingerprint density at radius 2 is 1.82 bits per heavy atom. The Labute approximate surface area is 72.2 Å². The van der Waals surface area contributed by atoms with Gasteiger partial charge in [0.25, 0.3) is 0 Å². The highest BCUT2D eigenvalue weighted by Gasteiger charge is 2.01. The first kappa shape index (κ1) is 11.3. The van der Waals surface area contributed by atoms with Crippen LogP contribution in [0.25, 0.3) is 0 Å². The molecule has 0 bridgehead atoms. The van der Waals surface area contributed by atoms with Crippen LogP contribution >= 0.6 is 10.0 Å². The zero-order valence-electron chi connectivity index (χ0n) is 8.02. The van der Waals surface area contributed by atoms with Crippen LogP contribution < -0.4 is 11.1 Å². The lowest BCUT2D eigenvalue weighted by atomic mass is 10.5. The van der Waals surface area contributed by atoms with Crippen LogP contribution in [0.4, 0.5) is 0 Å². The standard InChI is InChI=1S/C8H22N2S/c1-11(2,3)8-4-6-10-7-5-9/h10H,4-9H2,1-3H3. The molecule has 3 heteroatoms. The van der Waals surface area contributed by atoms with Crippen LogP contribution in [-0.4, -0.2) is 44.2 Å². The summed E-state index contributed by atoms with van der Waals surface area (Å²) in [4.78, 5) is 0. The average molecular weight is 178 g/mol. The minimum Gasteiger partial charge on any atom is -0.329 e. The summed E-state index contributed by atoms with van der Waals surface area (Å²) in [5, 5.41) is 3.30. The molecular weight excluding hydrogens is 156 g/mol. The fourth-order valence-corrected chi connectivity index (χ4v) is 1.87. The summed E-state index contributed by atoms with van der Waals surface area (Å²) in [6, 6.07) is 0. The third-order valence-corrected chi connectivity index (χ3v) is 2.94. The van der Waals surface area contributed by atoms with Gasteiger partial charge in [-0.1, -0.05) is 0 Å². The molecule has 0 aromatic heterocycles. The van der Waals surface area contributed by atoms with Crippen molar-refractivity contribution >= 4 is 10.0 Å². The highest BCUT2D eigenvalue weighted by molar-refractivity contribution is 8.32. The fourth-order valence-electron chi connectivity index (χ4n) is 0.857. The number of nitrogens with two attached hydrogens (primary N) is 1. The minimum atomic E-state index is -0.283. The quantitative estimate of drug-likeness (QED) is 0.585. The van der Waals surface area contributed by atoms with E-state index in [1.54, 1.807) is 0 Å². The maximum Gasteiger partial charge on any atom is 0.00745 e. The molecular formula is C8H22N2S. The predicted molar refractivity (Wildman–Crippen MR) is 56.8 cm³/mol. The molecule has 0 spiro atoms. The Hall–Kier alpha value is 0.270. The minimum absolute atomic E-state index is 0.283. The van der Waals surface area contributed by atoms with Crippen LogP contribution in [0.2, 0.25) is 0 Å². The monoisotopic (exact) mass is 178 g/mol. The molecule has 0 unspecified atom stereocenters. The van der Waals surface area contributed by atoms with Gasteiger partial charge in [-0.25, -0.2) is 10.0 Å². The average Bonchev–Trinajstić information content (AvgIpc) is 1.85. The van der Waals surface area contributed by atoms with Gasteiger partial charge >= 0.3 is 0 Å². The van der Waals surface area contributed by atoms with Gasteiger partial charge in [0.15, 0.2) is 0 Å². The lowest BCUT2D eigenvalue weighted by Crippen LogP contribution is -2.24. The number of rotatable bonds is 6. The summed E-state index contributed by atoms with van der Waals surface area (Å²) >= 11 is 0. The molecule has 2 nitrogen and oxygen atoms in total. The van der Waals surface area contributed by atoms with Gasteiger partial charge in [-0.3, -0.25) is 0 Å². The van der Waals surface area contributed by atoms with E-state index in [0.717, 1.165) is 19.6 Å². The summed E-state index contributed by atoms with van der Waals surface area (Å²) in [6.07, 6.45) is 8.36. The van der Waals surface area contributed by atoms with Gasteiger partial charge in [-0.2, -0.15) is 0 Å². The van der Waals surface area contributed by atoms with E-state index in [2.05, 4.69) is 24.1 Å². The van der Waals surface area contributed by atoms with Crippen molar-refractivity contribution in [3.05, 3.63) is 0 Å². The van der Waals surface area contributed by atoms with Crippen LogP contribution in [-0.2, 0) is 0 Å². The molecule has 0 saturated heterocycles. The van der Waals surface area contributed by atoms with Crippen molar-refractivity contribution in [1.29, 1.82) is 0 Å². The highest BCUT2D eigenvalue weighted by atomic mass is 32.3. The van der Waals surface area contributed by atoms with Crippen molar-refractivity contribution in [1.82, 2.24) is 5.32 Å². The second-order valence-electron chi connectivity index (χ2n) is 3.69. The molecule has 0 aliphatic rings. The van der Waals surface area contributed by atoms with Gasteiger partial charge in [-0.05, 0) is 37.5 Å². The second-order valence-corrected chi connectivity index (χ2v) is 8.28. The molecule has 0 saturated carbocycles. The lowest BCUT2D eigenvalue weighted by Gasteiger charge is -2.24. The van der Waals surface area contributed by atoms with E-state index < -0.39 is 0 Å². The number of hydrogen-bond donors (Lipinski definition) is 2. The van der Waals surface area contributed by atoms with Gasteiger partial charge in [0, 0.05) is 13.1 Å². The molecule has 0 aromatic rings. The van der Waals surface area contributed by atoms with E-state index in [9.17, 15) is 0 Å². The Bertz CT molecular complexity index is 88.6. The second kappa shape index (κ2) is 5.86. The largest absolute Gasteiger partial charge is 0.329 e. The maximum atomic E-state index is 5.34. The molecule has 0 atom stereocenters. The van der Waals surface area contributed by atoms with E-state index >= 15 is 0 Å². The van der Waals surface area contributed by atoms with Gasteiger partial charge in [0.1, 0.15) is 0 Å². The van der Waals surface area contributed by atoms with Gasteiger partial charge < -0.3 is 11.1 Å². The highest BCUT2D eigenvalue weighted by Crippen LogP contribution is 2.34. The number of hydrogen-bond acceptors (Lipinski definition) is 2. The molecule has 3 N–H and O–H groups in total. The van der Waals surface area contributed by atoms with Crippen molar-refractivity contribution < 1.29 is 0 Å². The zero-order valence-corrected chi connectivity index (χ0v) is 8.84. The van der Waals surface area contributed by atoms with Gasteiger partial charge in [-0.15, -0.1) is 0 Å².